The summed E-state index contributed by atoms with van der Waals surface area (Å²) in [6.45, 7) is 3.72. The van der Waals surface area contributed by atoms with Crippen molar-refractivity contribution in [2.45, 2.75) is 13.8 Å². The van der Waals surface area contributed by atoms with E-state index in [2.05, 4.69) is 15.3 Å². The molecule has 0 aromatic carbocycles. The van der Waals surface area contributed by atoms with Gasteiger partial charge in [0, 0.05) is 14.1 Å². The fraction of sp³-hybridized carbons (Fsp3) is 0.308. The summed E-state index contributed by atoms with van der Waals surface area (Å²) in [4.78, 5) is 23.1. The van der Waals surface area contributed by atoms with Crippen molar-refractivity contribution >= 4 is 28.7 Å². The molecule has 0 aliphatic carbocycles. The summed E-state index contributed by atoms with van der Waals surface area (Å²) >= 11 is 1.39. The highest BCUT2D eigenvalue weighted by atomic mass is 32.1. The van der Waals surface area contributed by atoms with Gasteiger partial charge in [-0.05, 0) is 26.0 Å². The van der Waals surface area contributed by atoms with Crippen molar-refractivity contribution in [2.24, 2.45) is 0 Å². The van der Waals surface area contributed by atoms with E-state index in [1.54, 1.807) is 12.3 Å². The second-order valence-electron chi connectivity index (χ2n) is 4.40. The van der Waals surface area contributed by atoms with Crippen LogP contribution in [0.2, 0.25) is 0 Å². The molecule has 2 rings (SSSR count). The monoisotopic (exact) mass is 276 g/mol. The zero-order chi connectivity index (χ0) is 14.0. The maximum atomic E-state index is 12.1. The Kier molecular flexibility index (Phi) is 3.80. The number of pyridine rings is 1. The SMILES string of the molecule is Cc1nc(C)c(C(=O)Nc2ccc(N(C)C)cn2)s1. The predicted octanol–water partition coefficient (Wildman–Crippen LogP) is 2.47. The average molecular weight is 276 g/mol. The van der Waals surface area contributed by atoms with Gasteiger partial charge < -0.3 is 10.2 Å². The summed E-state index contributed by atoms with van der Waals surface area (Å²) in [7, 11) is 3.89. The van der Waals surface area contributed by atoms with E-state index in [1.807, 2.05) is 38.9 Å². The van der Waals surface area contributed by atoms with Crippen LogP contribution in [0.3, 0.4) is 0 Å². The third-order valence-corrected chi connectivity index (χ3v) is 3.69. The number of aryl methyl sites for hydroxylation is 2. The maximum absolute atomic E-state index is 12.1. The van der Waals surface area contributed by atoms with Crippen LogP contribution in [0, 0.1) is 13.8 Å². The van der Waals surface area contributed by atoms with Gasteiger partial charge in [-0.25, -0.2) is 9.97 Å². The fourth-order valence-corrected chi connectivity index (χ4v) is 2.45. The Balaban J connectivity index is 2.13. The standard InChI is InChI=1S/C13H16N4OS/c1-8-12(19-9(2)15-8)13(18)16-11-6-5-10(7-14-11)17(3)4/h5-7H,1-4H3,(H,14,16,18). The maximum Gasteiger partial charge on any atom is 0.268 e. The second-order valence-corrected chi connectivity index (χ2v) is 5.60. The molecule has 0 saturated carbocycles. The molecule has 0 aliphatic heterocycles. The van der Waals surface area contributed by atoms with E-state index in [0.717, 1.165) is 16.4 Å². The van der Waals surface area contributed by atoms with E-state index < -0.39 is 0 Å². The zero-order valence-electron chi connectivity index (χ0n) is 11.4. The summed E-state index contributed by atoms with van der Waals surface area (Å²) in [6.07, 6.45) is 1.72. The Morgan fingerprint density at radius 1 is 1.32 bits per heavy atom. The number of hydrogen-bond donors (Lipinski definition) is 1. The molecule has 0 spiro atoms. The van der Waals surface area contributed by atoms with E-state index in [9.17, 15) is 4.79 Å². The summed E-state index contributed by atoms with van der Waals surface area (Å²) < 4.78 is 0. The smallest absolute Gasteiger partial charge is 0.268 e. The third-order valence-electron chi connectivity index (χ3n) is 2.62. The molecule has 0 bridgehead atoms. The van der Waals surface area contributed by atoms with Gasteiger partial charge in [-0.3, -0.25) is 4.79 Å². The lowest BCUT2D eigenvalue weighted by atomic mass is 10.3. The van der Waals surface area contributed by atoms with Crippen LogP contribution in [0.25, 0.3) is 0 Å². The summed E-state index contributed by atoms with van der Waals surface area (Å²) in [5.41, 5.74) is 1.74. The molecule has 0 radical (unpaired) electrons. The van der Waals surface area contributed by atoms with Gasteiger partial charge in [0.25, 0.3) is 5.91 Å². The lowest BCUT2D eigenvalue weighted by Gasteiger charge is -2.12. The van der Waals surface area contributed by atoms with E-state index in [1.165, 1.54) is 11.3 Å². The number of carbonyl (C=O) groups excluding carboxylic acids is 1. The Labute approximate surface area is 116 Å². The Morgan fingerprint density at radius 2 is 2.05 bits per heavy atom. The van der Waals surface area contributed by atoms with Crippen LogP contribution in [-0.4, -0.2) is 30.0 Å². The fourth-order valence-electron chi connectivity index (χ4n) is 1.64. The first-order valence-electron chi connectivity index (χ1n) is 5.86. The van der Waals surface area contributed by atoms with Crippen molar-refractivity contribution in [3.05, 3.63) is 33.9 Å². The Bertz CT molecular complexity index is 589. The van der Waals surface area contributed by atoms with E-state index in [0.29, 0.717) is 10.7 Å². The van der Waals surface area contributed by atoms with Gasteiger partial charge in [0.05, 0.1) is 22.6 Å². The number of hydrogen-bond acceptors (Lipinski definition) is 5. The first-order valence-corrected chi connectivity index (χ1v) is 6.68. The first kappa shape index (κ1) is 13.5. The minimum atomic E-state index is -0.159. The summed E-state index contributed by atoms with van der Waals surface area (Å²) in [5, 5.41) is 3.67. The second kappa shape index (κ2) is 5.36. The zero-order valence-corrected chi connectivity index (χ0v) is 12.2. The van der Waals surface area contributed by atoms with Gasteiger partial charge in [0.15, 0.2) is 0 Å². The van der Waals surface area contributed by atoms with Crippen LogP contribution in [0.15, 0.2) is 18.3 Å². The highest BCUT2D eigenvalue weighted by Crippen LogP contribution is 2.19. The number of nitrogens with zero attached hydrogens (tertiary/aromatic N) is 3. The molecule has 5 nitrogen and oxygen atoms in total. The van der Waals surface area contributed by atoms with Gasteiger partial charge in [-0.15, -0.1) is 11.3 Å². The number of carbonyl (C=O) groups is 1. The van der Waals surface area contributed by atoms with Crippen LogP contribution >= 0.6 is 11.3 Å². The molecule has 6 heteroatoms. The Morgan fingerprint density at radius 3 is 2.53 bits per heavy atom. The van der Waals surface area contributed by atoms with Crippen molar-refractivity contribution < 1.29 is 4.79 Å². The van der Waals surface area contributed by atoms with Gasteiger partial charge >= 0.3 is 0 Å². The highest BCUT2D eigenvalue weighted by Gasteiger charge is 2.14. The normalized spacial score (nSPS) is 10.3. The number of aromatic nitrogens is 2. The van der Waals surface area contributed by atoms with Crippen molar-refractivity contribution in [3.63, 3.8) is 0 Å². The number of nitrogens with one attached hydrogen (secondary N) is 1. The molecule has 0 fully saturated rings. The highest BCUT2D eigenvalue weighted by molar-refractivity contribution is 7.13. The molecule has 0 atom stereocenters. The third kappa shape index (κ3) is 3.08. The van der Waals surface area contributed by atoms with Crippen LogP contribution in [-0.2, 0) is 0 Å². The largest absolute Gasteiger partial charge is 0.376 e. The minimum Gasteiger partial charge on any atom is -0.376 e. The van der Waals surface area contributed by atoms with Gasteiger partial charge in [0.1, 0.15) is 10.7 Å². The number of anilines is 2. The molecule has 100 valence electrons. The molecule has 0 unspecified atom stereocenters. The molecule has 1 N–H and O–H groups in total. The van der Waals surface area contributed by atoms with Crippen molar-refractivity contribution in [1.82, 2.24) is 9.97 Å². The van der Waals surface area contributed by atoms with Crippen LogP contribution in [0.4, 0.5) is 11.5 Å². The van der Waals surface area contributed by atoms with Crippen molar-refractivity contribution in [1.29, 1.82) is 0 Å². The minimum absolute atomic E-state index is 0.159. The number of thiazole rings is 1. The average Bonchev–Trinajstić information content (AvgIpc) is 2.69. The predicted molar refractivity (Wildman–Crippen MR) is 78.1 cm³/mol. The lowest BCUT2D eigenvalue weighted by molar-refractivity contribution is 0.102. The molecular weight excluding hydrogens is 260 g/mol. The van der Waals surface area contributed by atoms with Crippen molar-refractivity contribution in [2.75, 3.05) is 24.3 Å². The molecular formula is C13H16N4OS. The van der Waals surface area contributed by atoms with Crippen molar-refractivity contribution in [3.8, 4) is 0 Å². The molecule has 19 heavy (non-hydrogen) atoms. The summed E-state index contributed by atoms with van der Waals surface area (Å²) in [5.74, 6) is 0.384. The summed E-state index contributed by atoms with van der Waals surface area (Å²) in [6, 6.07) is 3.70. The molecule has 2 heterocycles. The van der Waals surface area contributed by atoms with Gasteiger partial charge in [-0.1, -0.05) is 0 Å². The topological polar surface area (TPSA) is 58.1 Å². The first-order chi connectivity index (χ1) is 8.97. The van der Waals surface area contributed by atoms with E-state index in [4.69, 9.17) is 0 Å². The molecule has 2 aromatic heterocycles. The lowest BCUT2D eigenvalue weighted by Crippen LogP contribution is -2.13. The van der Waals surface area contributed by atoms with E-state index >= 15 is 0 Å². The quantitative estimate of drug-likeness (QED) is 0.935. The van der Waals surface area contributed by atoms with Crippen LogP contribution in [0.5, 0.6) is 0 Å². The molecule has 0 aliphatic rings. The van der Waals surface area contributed by atoms with E-state index in [-0.39, 0.29) is 5.91 Å². The van der Waals surface area contributed by atoms with Crippen LogP contribution < -0.4 is 10.2 Å². The number of amides is 1. The Hall–Kier alpha value is -1.95. The van der Waals surface area contributed by atoms with Gasteiger partial charge in [0.2, 0.25) is 0 Å². The van der Waals surface area contributed by atoms with Crippen LogP contribution in [0.1, 0.15) is 20.4 Å². The molecule has 1 amide bonds. The molecule has 0 saturated heterocycles. The number of rotatable bonds is 3. The van der Waals surface area contributed by atoms with Gasteiger partial charge in [-0.2, -0.15) is 0 Å². The molecule has 2 aromatic rings.